The average Bonchev–Trinajstić information content (AvgIpc) is 2.74. The standard InChI is InChI=1S/C23H21F2N3.2ClH.Fe/c1-14-8-5-10-18(24)22(14)26-16(3)20-12-7-13-21(28-20)17(4)27-23-15(2)9-6-11-19(23)25;;;/h5-13H,1-4H3;2*1H;/q;;;+2/p-2. The van der Waals surface area contributed by atoms with Crippen LogP contribution in [0.2, 0.25) is 0 Å². The molecule has 164 valence electrons. The molecule has 31 heavy (non-hydrogen) atoms. The molecule has 0 amide bonds. The van der Waals surface area contributed by atoms with Crippen molar-refractivity contribution in [3.8, 4) is 0 Å². The van der Waals surface area contributed by atoms with E-state index >= 15 is 0 Å². The van der Waals surface area contributed by atoms with Gasteiger partial charge in [-0.05, 0) is 63.1 Å². The molecule has 3 rings (SSSR count). The summed E-state index contributed by atoms with van der Waals surface area (Å²) in [6.07, 6.45) is 0. The van der Waals surface area contributed by atoms with Gasteiger partial charge in [-0.15, -0.1) is 0 Å². The van der Waals surface area contributed by atoms with Crippen molar-refractivity contribution in [2.24, 2.45) is 9.98 Å². The quantitative estimate of drug-likeness (QED) is 0.266. The molecule has 0 aliphatic heterocycles. The maximum absolute atomic E-state index is 14.1. The van der Waals surface area contributed by atoms with Gasteiger partial charge in [-0.3, -0.25) is 0 Å². The van der Waals surface area contributed by atoms with Gasteiger partial charge in [0.1, 0.15) is 23.0 Å². The fraction of sp³-hybridized carbons (Fsp3) is 0.174. The van der Waals surface area contributed by atoms with E-state index in [0.29, 0.717) is 34.2 Å². The van der Waals surface area contributed by atoms with Crippen LogP contribution in [0.3, 0.4) is 0 Å². The Balaban J connectivity index is 0.00000107. The Morgan fingerprint density at radius 3 is 1.45 bits per heavy atom. The second kappa shape index (κ2) is 12.1. The summed E-state index contributed by atoms with van der Waals surface area (Å²) in [6.45, 7) is 7.19. The van der Waals surface area contributed by atoms with Gasteiger partial charge in [0, 0.05) is 0 Å². The topological polar surface area (TPSA) is 37.6 Å². The number of pyridine rings is 1. The Morgan fingerprint density at radius 2 is 1.10 bits per heavy atom. The third-order valence-corrected chi connectivity index (χ3v) is 4.43. The van der Waals surface area contributed by atoms with Crippen molar-refractivity contribution in [3.05, 3.63) is 88.7 Å². The Morgan fingerprint density at radius 1 is 0.742 bits per heavy atom. The van der Waals surface area contributed by atoms with Gasteiger partial charge >= 0.3 is 33.3 Å². The number of aryl methyl sites for hydroxylation is 2. The number of rotatable bonds is 4. The number of hydrogen-bond donors (Lipinski definition) is 0. The van der Waals surface area contributed by atoms with Crippen molar-refractivity contribution in [1.29, 1.82) is 0 Å². The van der Waals surface area contributed by atoms with Crippen molar-refractivity contribution >= 4 is 43.0 Å². The van der Waals surface area contributed by atoms with Crippen LogP contribution in [0.4, 0.5) is 20.2 Å². The molecule has 2 aromatic carbocycles. The number of halogens is 4. The van der Waals surface area contributed by atoms with E-state index < -0.39 is 0 Å². The number of aliphatic imine (C=N–C) groups is 2. The van der Waals surface area contributed by atoms with Gasteiger partial charge in [-0.1, -0.05) is 30.3 Å². The minimum absolute atomic E-state index is 0.194. The van der Waals surface area contributed by atoms with Crippen LogP contribution >= 0.6 is 20.2 Å². The third kappa shape index (κ3) is 6.94. The average molecular weight is 504 g/mol. The fourth-order valence-corrected chi connectivity index (χ4v) is 2.82. The first kappa shape index (κ1) is 25.2. The number of aromatic nitrogens is 1. The molecule has 0 spiro atoms. The van der Waals surface area contributed by atoms with Gasteiger partial charge in [-0.25, -0.2) is 23.7 Å². The maximum atomic E-state index is 14.1. The van der Waals surface area contributed by atoms with Crippen LogP contribution < -0.4 is 0 Å². The van der Waals surface area contributed by atoms with E-state index in [1.165, 1.54) is 12.1 Å². The summed E-state index contributed by atoms with van der Waals surface area (Å²) in [5.41, 5.74) is 4.51. The Kier molecular flexibility index (Phi) is 9.79. The molecule has 0 atom stereocenters. The van der Waals surface area contributed by atoms with E-state index in [-0.39, 0.29) is 24.8 Å². The summed E-state index contributed by atoms with van der Waals surface area (Å²) in [5, 5.41) is 0. The first-order valence-corrected chi connectivity index (χ1v) is 12.3. The molecule has 0 N–H and O–H groups in total. The zero-order chi connectivity index (χ0) is 23.0. The van der Waals surface area contributed by atoms with E-state index in [9.17, 15) is 8.78 Å². The van der Waals surface area contributed by atoms with E-state index in [1.54, 1.807) is 38.1 Å². The van der Waals surface area contributed by atoms with Crippen LogP contribution in [0.5, 0.6) is 0 Å². The predicted octanol–water partition coefficient (Wildman–Crippen LogP) is 7.63. The monoisotopic (exact) mass is 503 g/mol. The zero-order valence-corrected chi connectivity index (χ0v) is 20.0. The molecule has 0 saturated heterocycles. The summed E-state index contributed by atoms with van der Waals surface area (Å²) in [4.78, 5) is 13.4. The summed E-state index contributed by atoms with van der Waals surface area (Å²) < 4.78 is 28.1. The van der Waals surface area contributed by atoms with E-state index in [0.717, 1.165) is 11.1 Å². The van der Waals surface area contributed by atoms with E-state index in [1.807, 2.05) is 32.0 Å². The molecule has 3 aromatic rings. The fourth-order valence-electron chi connectivity index (χ4n) is 2.82. The van der Waals surface area contributed by atoms with Crippen molar-refractivity contribution in [2.75, 3.05) is 0 Å². The molecule has 0 aliphatic rings. The molecular formula is C23H21Cl2F2FeN3. The molecule has 0 fully saturated rings. The molecule has 0 saturated carbocycles. The normalized spacial score (nSPS) is 11.9. The van der Waals surface area contributed by atoms with Crippen LogP contribution in [0.25, 0.3) is 0 Å². The Hall–Kier alpha value is -2.11. The zero-order valence-electron chi connectivity index (χ0n) is 17.4. The molecule has 8 heteroatoms. The molecule has 0 aliphatic carbocycles. The Bertz CT molecular complexity index is 994. The Labute approximate surface area is 195 Å². The van der Waals surface area contributed by atoms with Crippen molar-refractivity contribution in [1.82, 2.24) is 4.98 Å². The summed E-state index contributed by atoms with van der Waals surface area (Å²) in [5.74, 6) is -0.744. The molecular weight excluding hydrogens is 483 g/mol. The molecule has 1 aromatic heterocycles. The van der Waals surface area contributed by atoms with Crippen LogP contribution in [-0.2, 0) is 13.1 Å². The number of hydrogen-bond acceptors (Lipinski definition) is 3. The SMILES string of the molecule is CC(=Nc1c(C)cccc1F)c1cccc(C(C)=Nc2c(C)cccc2F)n1.[Cl][Fe][Cl]. The molecule has 3 nitrogen and oxygen atoms in total. The van der Waals surface area contributed by atoms with Gasteiger partial charge in [0.25, 0.3) is 0 Å². The predicted molar refractivity (Wildman–Crippen MR) is 122 cm³/mol. The minimum atomic E-state index is -0.372. The van der Waals surface area contributed by atoms with Gasteiger partial charge in [0.15, 0.2) is 0 Å². The second-order valence-electron chi connectivity index (χ2n) is 6.66. The van der Waals surface area contributed by atoms with E-state index in [2.05, 4.69) is 15.0 Å². The van der Waals surface area contributed by atoms with Gasteiger partial charge in [0.2, 0.25) is 0 Å². The van der Waals surface area contributed by atoms with Crippen LogP contribution in [0.1, 0.15) is 36.4 Å². The van der Waals surface area contributed by atoms with Crippen LogP contribution in [0.15, 0.2) is 64.6 Å². The first-order valence-electron chi connectivity index (χ1n) is 9.22. The first-order chi connectivity index (χ1) is 14.8. The van der Waals surface area contributed by atoms with Gasteiger partial charge in [-0.2, -0.15) is 0 Å². The van der Waals surface area contributed by atoms with Crippen molar-refractivity contribution in [3.63, 3.8) is 0 Å². The molecule has 0 unspecified atom stereocenters. The molecule has 0 bridgehead atoms. The van der Waals surface area contributed by atoms with Crippen LogP contribution in [-0.4, -0.2) is 16.4 Å². The van der Waals surface area contributed by atoms with Crippen molar-refractivity contribution in [2.45, 2.75) is 27.7 Å². The number of benzene rings is 2. The third-order valence-electron chi connectivity index (χ3n) is 4.43. The second-order valence-corrected chi connectivity index (χ2v) is 8.49. The summed E-state index contributed by atoms with van der Waals surface area (Å²) >= 11 is 0.194. The van der Waals surface area contributed by atoms with Crippen molar-refractivity contribution < 1.29 is 21.9 Å². The summed E-state index contributed by atoms with van der Waals surface area (Å²) in [6, 6.07) is 15.1. The molecule has 0 radical (unpaired) electrons. The molecule has 1 heterocycles. The van der Waals surface area contributed by atoms with E-state index in [4.69, 9.17) is 20.2 Å². The summed E-state index contributed by atoms with van der Waals surface area (Å²) in [7, 11) is 9.53. The number of nitrogens with zero attached hydrogens (tertiary/aromatic N) is 3. The van der Waals surface area contributed by atoms with Gasteiger partial charge < -0.3 is 0 Å². The number of para-hydroxylation sites is 2. The van der Waals surface area contributed by atoms with Gasteiger partial charge in [0.05, 0.1) is 22.8 Å². The van der Waals surface area contributed by atoms with Crippen LogP contribution in [0, 0.1) is 25.5 Å².